The van der Waals surface area contributed by atoms with E-state index in [4.69, 9.17) is 0 Å². The van der Waals surface area contributed by atoms with Gasteiger partial charge in [-0.1, -0.05) is 57.0 Å². The van der Waals surface area contributed by atoms with E-state index < -0.39 is 5.54 Å². The standard InChI is InChI=1S/C18H24N2O2.C2H6/c1-3-14(2)16-8-6-15(7-9-16)12-19-17(22)18(20-13-21)10-4-5-11-18;1-2/h3,6-9,13H,4-5,10-12H2,1-2H3,(H,19,22)(H,20,21);1-2H3/b14-3-;. The van der Waals surface area contributed by atoms with Crippen LogP contribution in [-0.2, 0) is 16.1 Å². The highest BCUT2D eigenvalue weighted by atomic mass is 16.2. The maximum atomic E-state index is 12.4. The lowest BCUT2D eigenvalue weighted by Crippen LogP contribution is -2.54. The van der Waals surface area contributed by atoms with Crippen molar-refractivity contribution in [2.24, 2.45) is 0 Å². The summed E-state index contributed by atoms with van der Waals surface area (Å²) in [5, 5.41) is 5.68. The van der Waals surface area contributed by atoms with E-state index in [9.17, 15) is 9.59 Å². The highest BCUT2D eigenvalue weighted by Gasteiger charge is 2.40. The smallest absolute Gasteiger partial charge is 0.246 e. The van der Waals surface area contributed by atoms with Gasteiger partial charge in [0.1, 0.15) is 5.54 Å². The van der Waals surface area contributed by atoms with E-state index in [-0.39, 0.29) is 5.91 Å². The molecular weight excluding hydrogens is 300 g/mol. The first-order valence-electron chi connectivity index (χ1n) is 8.83. The third-order valence-electron chi connectivity index (χ3n) is 4.52. The molecule has 0 aliphatic heterocycles. The number of allylic oxidation sites excluding steroid dienone is 2. The molecule has 0 heterocycles. The largest absolute Gasteiger partial charge is 0.350 e. The van der Waals surface area contributed by atoms with Crippen LogP contribution in [0.2, 0.25) is 0 Å². The van der Waals surface area contributed by atoms with Crippen LogP contribution in [0.15, 0.2) is 30.3 Å². The van der Waals surface area contributed by atoms with Gasteiger partial charge in [-0.3, -0.25) is 9.59 Å². The van der Waals surface area contributed by atoms with Crippen LogP contribution in [0.1, 0.15) is 64.5 Å². The van der Waals surface area contributed by atoms with Crippen molar-refractivity contribution in [3.05, 3.63) is 41.5 Å². The van der Waals surface area contributed by atoms with Crippen molar-refractivity contribution in [1.29, 1.82) is 0 Å². The molecule has 0 radical (unpaired) electrons. The molecule has 1 saturated carbocycles. The van der Waals surface area contributed by atoms with E-state index in [0.29, 0.717) is 13.0 Å². The van der Waals surface area contributed by atoms with Crippen molar-refractivity contribution < 1.29 is 9.59 Å². The molecule has 1 aromatic rings. The number of hydrogen-bond donors (Lipinski definition) is 2. The lowest BCUT2D eigenvalue weighted by Gasteiger charge is -2.26. The number of carbonyl (C=O) groups is 2. The fraction of sp³-hybridized carbons (Fsp3) is 0.500. The molecule has 1 aromatic carbocycles. The summed E-state index contributed by atoms with van der Waals surface area (Å²) in [6.07, 6.45) is 6.11. The summed E-state index contributed by atoms with van der Waals surface area (Å²) in [4.78, 5) is 23.2. The summed E-state index contributed by atoms with van der Waals surface area (Å²) in [5.41, 5.74) is 2.77. The number of hydrogen-bond acceptors (Lipinski definition) is 2. The average molecular weight is 330 g/mol. The van der Waals surface area contributed by atoms with Crippen molar-refractivity contribution in [2.75, 3.05) is 0 Å². The molecule has 2 rings (SSSR count). The average Bonchev–Trinajstić information content (AvgIpc) is 3.11. The Hall–Kier alpha value is -2.10. The van der Waals surface area contributed by atoms with Crippen LogP contribution < -0.4 is 10.6 Å². The van der Waals surface area contributed by atoms with E-state index in [1.165, 1.54) is 11.1 Å². The molecule has 2 amide bonds. The van der Waals surface area contributed by atoms with Gasteiger partial charge < -0.3 is 10.6 Å². The lowest BCUT2D eigenvalue weighted by molar-refractivity contribution is -0.130. The van der Waals surface area contributed by atoms with E-state index >= 15 is 0 Å². The van der Waals surface area contributed by atoms with Gasteiger partial charge in [-0.15, -0.1) is 0 Å². The second-order valence-corrected chi connectivity index (χ2v) is 5.90. The van der Waals surface area contributed by atoms with Crippen molar-refractivity contribution >= 4 is 17.9 Å². The third-order valence-corrected chi connectivity index (χ3v) is 4.52. The van der Waals surface area contributed by atoms with Crippen LogP contribution >= 0.6 is 0 Å². The summed E-state index contributed by atoms with van der Waals surface area (Å²) >= 11 is 0. The van der Waals surface area contributed by atoms with Gasteiger partial charge in [0.05, 0.1) is 0 Å². The Morgan fingerprint density at radius 2 is 1.75 bits per heavy atom. The van der Waals surface area contributed by atoms with Gasteiger partial charge in [-0.05, 0) is 43.4 Å². The van der Waals surface area contributed by atoms with Crippen LogP contribution in [0.5, 0.6) is 0 Å². The third kappa shape index (κ3) is 4.95. The van der Waals surface area contributed by atoms with Gasteiger partial charge in [-0.2, -0.15) is 0 Å². The van der Waals surface area contributed by atoms with E-state index in [1.807, 2.05) is 32.9 Å². The first kappa shape index (κ1) is 19.9. The van der Waals surface area contributed by atoms with Crippen molar-refractivity contribution in [3.8, 4) is 0 Å². The maximum Gasteiger partial charge on any atom is 0.246 e. The summed E-state index contributed by atoms with van der Waals surface area (Å²) in [6, 6.07) is 8.17. The minimum atomic E-state index is -0.705. The topological polar surface area (TPSA) is 58.2 Å². The molecule has 132 valence electrons. The number of rotatable bonds is 6. The maximum absolute atomic E-state index is 12.4. The van der Waals surface area contributed by atoms with Gasteiger partial charge in [0.15, 0.2) is 0 Å². The molecule has 4 heteroatoms. The molecular formula is C20H30N2O2. The molecule has 0 atom stereocenters. The molecule has 1 aliphatic rings. The molecule has 0 saturated heterocycles. The predicted molar refractivity (Wildman–Crippen MR) is 99.4 cm³/mol. The Balaban J connectivity index is 0.00000139. The van der Waals surface area contributed by atoms with Crippen LogP contribution in [0, 0.1) is 0 Å². The molecule has 1 fully saturated rings. The summed E-state index contributed by atoms with van der Waals surface area (Å²) in [6.45, 7) is 8.58. The summed E-state index contributed by atoms with van der Waals surface area (Å²) < 4.78 is 0. The Morgan fingerprint density at radius 3 is 2.25 bits per heavy atom. The first-order chi connectivity index (χ1) is 11.6. The van der Waals surface area contributed by atoms with Gasteiger partial charge in [0.25, 0.3) is 0 Å². The van der Waals surface area contributed by atoms with E-state index in [2.05, 4.69) is 35.8 Å². The first-order valence-corrected chi connectivity index (χ1v) is 8.83. The van der Waals surface area contributed by atoms with Crippen LogP contribution in [0.4, 0.5) is 0 Å². The van der Waals surface area contributed by atoms with Gasteiger partial charge in [0, 0.05) is 6.54 Å². The summed E-state index contributed by atoms with van der Waals surface area (Å²) in [5.74, 6) is -0.0780. The molecule has 1 aliphatic carbocycles. The zero-order valence-corrected chi connectivity index (χ0v) is 15.3. The fourth-order valence-electron chi connectivity index (χ4n) is 2.93. The van der Waals surface area contributed by atoms with Crippen LogP contribution in [-0.4, -0.2) is 17.9 Å². The van der Waals surface area contributed by atoms with Gasteiger partial charge in [-0.25, -0.2) is 0 Å². The molecule has 24 heavy (non-hydrogen) atoms. The number of benzene rings is 1. The molecule has 0 aromatic heterocycles. The lowest BCUT2D eigenvalue weighted by atomic mass is 9.96. The van der Waals surface area contributed by atoms with E-state index in [0.717, 1.165) is 31.2 Å². The Kier molecular flexibility index (Phi) is 8.24. The molecule has 4 nitrogen and oxygen atoms in total. The Bertz CT molecular complexity index is 556. The normalized spacial score (nSPS) is 15.9. The molecule has 0 bridgehead atoms. The number of amides is 2. The molecule has 2 N–H and O–H groups in total. The van der Waals surface area contributed by atoms with Crippen LogP contribution in [0.25, 0.3) is 5.57 Å². The zero-order chi connectivity index (χ0) is 18.0. The van der Waals surface area contributed by atoms with Gasteiger partial charge >= 0.3 is 0 Å². The predicted octanol–water partition coefficient (Wildman–Crippen LogP) is 3.81. The number of carbonyl (C=O) groups excluding carboxylic acids is 2. The second kappa shape index (κ2) is 9.91. The zero-order valence-electron chi connectivity index (χ0n) is 15.3. The Morgan fingerprint density at radius 1 is 1.17 bits per heavy atom. The SMILES string of the molecule is C/C=C(/C)c1ccc(CNC(=O)C2(NC=O)CCCC2)cc1.CC. The minimum absolute atomic E-state index is 0.0780. The highest BCUT2D eigenvalue weighted by Crippen LogP contribution is 2.29. The van der Waals surface area contributed by atoms with Crippen molar-refractivity contribution in [1.82, 2.24) is 10.6 Å². The van der Waals surface area contributed by atoms with Gasteiger partial charge in [0.2, 0.25) is 12.3 Å². The summed E-state index contributed by atoms with van der Waals surface area (Å²) in [7, 11) is 0. The quantitative estimate of drug-likeness (QED) is 0.779. The highest BCUT2D eigenvalue weighted by molar-refractivity contribution is 5.88. The fourth-order valence-corrected chi connectivity index (χ4v) is 2.93. The molecule has 0 spiro atoms. The van der Waals surface area contributed by atoms with Crippen molar-refractivity contribution in [2.45, 2.75) is 65.5 Å². The number of nitrogens with one attached hydrogen (secondary N) is 2. The monoisotopic (exact) mass is 330 g/mol. The van der Waals surface area contributed by atoms with Crippen molar-refractivity contribution in [3.63, 3.8) is 0 Å². The Labute approximate surface area is 145 Å². The molecule has 0 unspecified atom stereocenters. The van der Waals surface area contributed by atoms with E-state index in [1.54, 1.807) is 0 Å². The van der Waals surface area contributed by atoms with Crippen LogP contribution in [0.3, 0.4) is 0 Å². The second-order valence-electron chi connectivity index (χ2n) is 5.90. The minimum Gasteiger partial charge on any atom is -0.350 e.